The highest BCUT2D eigenvalue weighted by Gasteiger charge is 2.05. The van der Waals surface area contributed by atoms with Gasteiger partial charge in [-0.3, -0.25) is 10.2 Å². The van der Waals surface area contributed by atoms with Crippen molar-refractivity contribution in [3.8, 4) is 5.69 Å². The van der Waals surface area contributed by atoms with Gasteiger partial charge >= 0.3 is 6.03 Å². The van der Waals surface area contributed by atoms with E-state index in [4.69, 9.17) is 0 Å². The SMILES string of the molecule is O=C1N=c2[nH][nH]n(-c3ccccc3)[nH]c2=N1. The quantitative estimate of drug-likeness (QED) is 0.612. The van der Waals surface area contributed by atoms with Crippen molar-refractivity contribution in [1.29, 1.82) is 0 Å². The van der Waals surface area contributed by atoms with E-state index < -0.39 is 6.03 Å². The van der Waals surface area contributed by atoms with Gasteiger partial charge in [-0.2, -0.15) is 14.8 Å². The summed E-state index contributed by atoms with van der Waals surface area (Å²) in [6.07, 6.45) is 0. The number of urea groups is 1. The number of nitrogens with one attached hydrogen (secondary N) is 3. The van der Waals surface area contributed by atoms with Gasteiger partial charge in [-0.25, -0.2) is 10.0 Å². The Hall–Kier alpha value is -2.57. The van der Waals surface area contributed by atoms with E-state index in [-0.39, 0.29) is 0 Å². The van der Waals surface area contributed by atoms with Crippen molar-refractivity contribution in [2.45, 2.75) is 0 Å². The highest BCUT2D eigenvalue weighted by atomic mass is 16.2. The van der Waals surface area contributed by atoms with Gasteiger partial charge in [-0.05, 0) is 12.1 Å². The van der Waals surface area contributed by atoms with E-state index in [1.807, 2.05) is 30.3 Å². The average molecular weight is 216 g/mol. The molecule has 2 heterocycles. The maximum Gasteiger partial charge on any atom is 0.371 e. The summed E-state index contributed by atoms with van der Waals surface area (Å²) in [5.41, 5.74) is 1.70. The van der Waals surface area contributed by atoms with Gasteiger partial charge in [0.05, 0.1) is 5.69 Å². The number of aromatic amines is 3. The second-order valence-electron chi connectivity index (χ2n) is 3.22. The molecular weight excluding hydrogens is 208 g/mol. The lowest BCUT2D eigenvalue weighted by molar-refractivity contribution is 0.256. The second-order valence-corrected chi connectivity index (χ2v) is 3.22. The Morgan fingerprint density at radius 2 is 1.81 bits per heavy atom. The average Bonchev–Trinajstić information content (AvgIpc) is 2.69. The Labute approximate surface area is 88.8 Å². The van der Waals surface area contributed by atoms with Crippen LogP contribution in [0.2, 0.25) is 0 Å². The minimum atomic E-state index is -0.512. The summed E-state index contributed by atoms with van der Waals surface area (Å²) in [5.74, 6) is 0. The lowest BCUT2D eigenvalue weighted by Crippen LogP contribution is -2.34. The van der Waals surface area contributed by atoms with Crippen LogP contribution >= 0.6 is 0 Å². The van der Waals surface area contributed by atoms with Crippen molar-refractivity contribution in [2.24, 2.45) is 9.98 Å². The minimum Gasteiger partial charge on any atom is -0.265 e. The number of H-pyrrole nitrogens is 3. The highest BCUT2D eigenvalue weighted by Crippen LogP contribution is 1.99. The first-order valence-electron chi connectivity index (χ1n) is 4.68. The van der Waals surface area contributed by atoms with Gasteiger partial charge in [0.15, 0.2) is 11.0 Å². The first kappa shape index (κ1) is 8.72. The second kappa shape index (κ2) is 3.23. The fourth-order valence-corrected chi connectivity index (χ4v) is 1.44. The monoisotopic (exact) mass is 216 g/mol. The smallest absolute Gasteiger partial charge is 0.265 e. The number of carbonyl (C=O) groups excluding carboxylic acids is 1. The van der Waals surface area contributed by atoms with Crippen LogP contribution < -0.4 is 11.0 Å². The predicted molar refractivity (Wildman–Crippen MR) is 54.2 cm³/mol. The van der Waals surface area contributed by atoms with Gasteiger partial charge in [0.1, 0.15) is 0 Å². The number of rotatable bonds is 1. The zero-order valence-corrected chi connectivity index (χ0v) is 8.14. The van der Waals surface area contributed by atoms with Crippen LogP contribution in [0.1, 0.15) is 0 Å². The zero-order chi connectivity index (χ0) is 11.0. The van der Waals surface area contributed by atoms with Gasteiger partial charge < -0.3 is 0 Å². The molecule has 0 atom stereocenters. The Balaban J connectivity index is 2.21. The molecule has 1 aliphatic rings. The summed E-state index contributed by atoms with van der Waals surface area (Å²) in [6, 6.07) is 9.03. The number of hydrogen-bond acceptors (Lipinski definition) is 1. The third-order valence-electron chi connectivity index (χ3n) is 2.16. The topological polar surface area (TPSA) is 94.1 Å². The lowest BCUT2D eigenvalue weighted by Gasteiger charge is -2.05. The number of carbonyl (C=O) groups is 1. The summed E-state index contributed by atoms with van der Waals surface area (Å²) in [6.45, 7) is 0. The molecule has 2 amide bonds. The molecule has 1 aromatic carbocycles. The Morgan fingerprint density at radius 3 is 2.62 bits per heavy atom. The molecule has 3 rings (SSSR count). The molecule has 16 heavy (non-hydrogen) atoms. The number of amides is 2. The fourth-order valence-electron chi connectivity index (χ4n) is 1.44. The van der Waals surface area contributed by atoms with Crippen LogP contribution in [0.3, 0.4) is 0 Å². The Bertz CT molecular complexity index is 681. The summed E-state index contributed by atoms with van der Waals surface area (Å²) in [7, 11) is 0. The van der Waals surface area contributed by atoms with Gasteiger partial charge in [0.2, 0.25) is 0 Å². The van der Waals surface area contributed by atoms with Crippen LogP contribution in [-0.4, -0.2) is 26.2 Å². The molecule has 1 aliphatic heterocycles. The standard InChI is InChI=1S/C9H8N6O/c16-9-10-7-8(11-9)13-15(14-12-7)6-4-2-1-3-5-6/h1-5,14H,(H2,10,11,12,13,16). The number of fused-ring (bicyclic) bond motifs is 1. The number of nitrogens with zero attached hydrogens (tertiary/aromatic N) is 3. The molecule has 0 bridgehead atoms. The van der Waals surface area contributed by atoms with Crippen LogP contribution in [-0.2, 0) is 0 Å². The molecule has 0 saturated heterocycles. The van der Waals surface area contributed by atoms with Gasteiger partial charge in [0.25, 0.3) is 0 Å². The number of para-hydroxylation sites is 1. The van der Waals surface area contributed by atoms with Crippen molar-refractivity contribution < 1.29 is 4.79 Å². The van der Waals surface area contributed by atoms with E-state index in [1.165, 1.54) is 0 Å². The molecule has 0 aliphatic carbocycles. The van der Waals surface area contributed by atoms with Crippen LogP contribution in [0.4, 0.5) is 4.79 Å². The van der Waals surface area contributed by atoms with E-state index in [1.54, 1.807) is 4.80 Å². The molecule has 7 nitrogen and oxygen atoms in total. The summed E-state index contributed by atoms with van der Waals surface area (Å²) >= 11 is 0. The lowest BCUT2D eigenvalue weighted by atomic mass is 10.3. The number of aromatic nitrogens is 4. The maximum atomic E-state index is 11.0. The fraction of sp³-hybridized carbons (Fsp3) is 0. The maximum absolute atomic E-state index is 11.0. The van der Waals surface area contributed by atoms with Crippen LogP contribution in [0.25, 0.3) is 5.69 Å². The third kappa shape index (κ3) is 1.34. The predicted octanol–water partition coefficient (Wildman–Crippen LogP) is -0.0412. The molecular formula is C9H8N6O. The minimum absolute atomic E-state index is 0.400. The first-order chi connectivity index (χ1) is 7.83. The van der Waals surface area contributed by atoms with Crippen molar-refractivity contribution >= 4 is 6.03 Å². The van der Waals surface area contributed by atoms with Crippen LogP contribution in [0.15, 0.2) is 40.3 Å². The summed E-state index contributed by atoms with van der Waals surface area (Å²) < 4.78 is 0. The molecule has 0 spiro atoms. The first-order valence-corrected chi connectivity index (χ1v) is 4.68. The molecule has 0 radical (unpaired) electrons. The van der Waals surface area contributed by atoms with Crippen molar-refractivity contribution in [1.82, 2.24) is 20.2 Å². The Kier molecular flexibility index (Phi) is 1.76. The van der Waals surface area contributed by atoms with E-state index in [0.717, 1.165) is 5.69 Å². The van der Waals surface area contributed by atoms with Crippen LogP contribution in [0.5, 0.6) is 0 Å². The molecule has 0 saturated carbocycles. The summed E-state index contributed by atoms with van der Waals surface area (Å²) in [4.78, 5) is 19.9. The normalized spacial score (nSPS) is 12.9. The third-order valence-corrected chi connectivity index (χ3v) is 2.16. The number of hydrogen-bond donors (Lipinski definition) is 3. The molecule has 3 N–H and O–H groups in total. The molecule has 2 aromatic rings. The van der Waals surface area contributed by atoms with E-state index >= 15 is 0 Å². The van der Waals surface area contributed by atoms with Crippen molar-refractivity contribution in [3.63, 3.8) is 0 Å². The van der Waals surface area contributed by atoms with Gasteiger partial charge in [0, 0.05) is 0 Å². The number of benzene rings is 1. The summed E-state index contributed by atoms with van der Waals surface area (Å²) in [5, 5.41) is 8.53. The largest absolute Gasteiger partial charge is 0.371 e. The highest BCUT2D eigenvalue weighted by molar-refractivity contribution is 5.76. The molecule has 1 aromatic heterocycles. The molecule has 0 unspecified atom stereocenters. The Morgan fingerprint density at radius 1 is 1.06 bits per heavy atom. The van der Waals surface area contributed by atoms with Crippen molar-refractivity contribution in [3.05, 3.63) is 41.3 Å². The van der Waals surface area contributed by atoms with E-state index in [0.29, 0.717) is 11.0 Å². The van der Waals surface area contributed by atoms with E-state index in [9.17, 15) is 4.79 Å². The molecule has 80 valence electrons. The molecule has 0 fully saturated rings. The van der Waals surface area contributed by atoms with Crippen LogP contribution in [0, 0.1) is 0 Å². The molecule has 7 heteroatoms. The van der Waals surface area contributed by atoms with Gasteiger partial charge in [-0.1, -0.05) is 18.2 Å². The zero-order valence-electron chi connectivity index (χ0n) is 8.14. The van der Waals surface area contributed by atoms with E-state index in [2.05, 4.69) is 25.4 Å². The van der Waals surface area contributed by atoms with Crippen molar-refractivity contribution in [2.75, 3.05) is 0 Å². The van der Waals surface area contributed by atoms with Gasteiger partial charge in [-0.15, -0.1) is 0 Å².